The summed E-state index contributed by atoms with van der Waals surface area (Å²) in [4.78, 5) is 170. The van der Waals surface area contributed by atoms with Crippen molar-refractivity contribution in [2.45, 2.75) is 228 Å². The third kappa shape index (κ3) is 23.3. The van der Waals surface area contributed by atoms with Crippen molar-refractivity contribution < 1.29 is 62.6 Å². The largest absolute Gasteiger partial charge is 0.390 e. The maximum absolute atomic E-state index is 15.2. The minimum atomic E-state index is -1.66. The van der Waals surface area contributed by atoms with Crippen LogP contribution in [-0.2, 0) is 57.5 Å². The Morgan fingerprint density at radius 2 is 1.16 bits per heavy atom. The quantitative estimate of drug-likeness (QED) is 0.0715. The Morgan fingerprint density at radius 3 is 1.66 bits per heavy atom. The zero-order valence-corrected chi connectivity index (χ0v) is 60.3. The molecule has 0 aromatic heterocycles. The van der Waals surface area contributed by atoms with Gasteiger partial charge in [0.15, 0.2) is 0 Å². The topological polar surface area (TPSA) is 288 Å². The Labute approximate surface area is 548 Å². The highest BCUT2D eigenvalue weighted by atomic mass is 32.2. The Hall–Kier alpha value is -6.34. The highest BCUT2D eigenvalue weighted by molar-refractivity contribution is 7.98. The number of aliphatic hydroxyl groups excluding tert-OH is 1. The fourth-order valence-electron chi connectivity index (χ4n) is 10.8. The molecule has 11 amide bonds. The summed E-state index contributed by atoms with van der Waals surface area (Å²) in [6.45, 7) is 33.3. The Balaban J connectivity index is 4.49. The predicted molar refractivity (Wildman–Crippen MR) is 356 cm³/mol. The van der Waals surface area contributed by atoms with Crippen molar-refractivity contribution in [1.82, 2.24) is 55.6 Å². The van der Waals surface area contributed by atoms with Gasteiger partial charge in [0.2, 0.25) is 59.1 Å². The van der Waals surface area contributed by atoms with Gasteiger partial charge in [-0.3, -0.25) is 52.7 Å². The number of hydrogen-bond donors (Lipinski definition) is 5. The molecule has 0 unspecified atom stereocenters. The van der Waals surface area contributed by atoms with E-state index in [-0.39, 0.29) is 49.9 Å². The zero-order valence-electron chi connectivity index (χ0n) is 59.5. The van der Waals surface area contributed by atoms with Crippen LogP contribution in [0.5, 0.6) is 0 Å². The number of thioether (sulfide) groups is 1. The van der Waals surface area contributed by atoms with E-state index < -0.39 is 161 Å². The maximum Gasteiger partial charge on any atom is 0.270 e. The molecule has 0 radical (unpaired) electrons. The van der Waals surface area contributed by atoms with E-state index in [1.165, 1.54) is 89.6 Å². The van der Waals surface area contributed by atoms with Crippen molar-refractivity contribution in [3.05, 3.63) is 36.1 Å². The second kappa shape index (κ2) is 37.4. The molecule has 0 bridgehead atoms. The molecule has 25 heteroatoms. The monoisotopic (exact) mass is 1300 g/mol. The van der Waals surface area contributed by atoms with Gasteiger partial charge < -0.3 is 65.4 Å². The lowest BCUT2D eigenvalue weighted by Crippen LogP contribution is -2.63. The first-order valence-corrected chi connectivity index (χ1v) is 33.2. The van der Waals surface area contributed by atoms with E-state index in [9.17, 15) is 48.3 Å². The summed E-state index contributed by atoms with van der Waals surface area (Å²) in [5, 5.41) is 23.1. The summed E-state index contributed by atoms with van der Waals surface area (Å²) in [6.07, 6.45) is 6.24. The van der Waals surface area contributed by atoms with Gasteiger partial charge in [-0.2, -0.15) is 0 Å². The SMILES string of the molecule is C=C1C(=O)N(C)[C@@H](CC(C)(C)OCSC)C(=O)N[C@H](C(C)C)C(=O)N(C)[C@H](CCC(C)C)C(=O)N[C@H](C)C(=O)N[C@@H](C)C(=O)N(C)[C@H](C=C(C)C)C(=O)N(C)[C@@H](CC(C)C)C(=O)N(C)[C@@H](C(C)C)C(=O)N(C)[C@@H]([C@H](O)[C@H](C)C/C=C/C)C(=O)N[C@@H](CC)C(=O)N1C. The van der Waals surface area contributed by atoms with Gasteiger partial charge in [-0.1, -0.05) is 99.6 Å². The first kappa shape index (κ1) is 82.7. The third-order valence-electron chi connectivity index (χ3n) is 16.8. The number of carbonyl (C=O) groups is 11. The summed E-state index contributed by atoms with van der Waals surface area (Å²) in [6, 6.07) is -13.2. The molecule has 1 rings (SSSR count). The molecule has 0 saturated carbocycles. The molecular weight excluding hydrogens is 1190 g/mol. The van der Waals surface area contributed by atoms with Crippen LogP contribution in [0.3, 0.4) is 0 Å². The van der Waals surface area contributed by atoms with Crippen molar-refractivity contribution in [2.75, 3.05) is 61.5 Å². The Bertz CT molecular complexity index is 2610. The second-order valence-corrected chi connectivity index (χ2v) is 27.7. The molecule has 0 aromatic carbocycles. The second-order valence-electron chi connectivity index (χ2n) is 26.9. The molecule has 1 heterocycles. The molecule has 91 heavy (non-hydrogen) atoms. The highest BCUT2D eigenvalue weighted by Crippen LogP contribution is 2.27. The van der Waals surface area contributed by atoms with Crippen LogP contribution in [0.15, 0.2) is 36.1 Å². The number of amides is 11. The molecule has 518 valence electrons. The van der Waals surface area contributed by atoms with Crippen molar-refractivity contribution in [1.29, 1.82) is 0 Å². The fraction of sp³-hybridized carbons (Fsp3) is 0.742. The summed E-state index contributed by atoms with van der Waals surface area (Å²) < 4.78 is 6.13. The van der Waals surface area contributed by atoms with E-state index in [1.54, 1.807) is 94.4 Å². The average Bonchev–Trinajstić information content (AvgIpc) is 0.849. The van der Waals surface area contributed by atoms with E-state index >= 15 is 9.59 Å². The Morgan fingerprint density at radius 1 is 0.626 bits per heavy atom. The lowest BCUT2D eigenvalue weighted by atomic mass is 9.91. The van der Waals surface area contributed by atoms with Gasteiger partial charge in [-0.25, -0.2) is 0 Å². The molecular formula is C66H115N11O13S. The van der Waals surface area contributed by atoms with Crippen LogP contribution < -0.4 is 21.3 Å². The summed E-state index contributed by atoms with van der Waals surface area (Å²) >= 11 is 1.39. The van der Waals surface area contributed by atoms with Crippen molar-refractivity contribution in [2.24, 2.45) is 29.6 Å². The van der Waals surface area contributed by atoms with E-state index in [2.05, 4.69) is 27.8 Å². The average molecular weight is 1300 g/mol. The van der Waals surface area contributed by atoms with Crippen LogP contribution in [0.2, 0.25) is 0 Å². The molecule has 0 spiro atoms. The molecule has 1 aliphatic heterocycles. The van der Waals surface area contributed by atoms with E-state index in [0.29, 0.717) is 12.0 Å². The van der Waals surface area contributed by atoms with Gasteiger partial charge in [0.1, 0.15) is 66.1 Å². The van der Waals surface area contributed by atoms with Crippen LogP contribution in [0.25, 0.3) is 0 Å². The molecule has 1 saturated heterocycles. The molecule has 12 atom stereocenters. The molecule has 1 aliphatic rings. The molecule has 1 fully saturated rings. The van der Waals surface area contributed by atoms with Crippen molar-refractivity contribution in [3.8, 4) is 0 Å². The van der Waals surface area contributed by atoms with E-state index in [4.69, 9.17) is 4.74 Å². The lowest BCUT2D eigenvalue weighted by Gasteiger charge is -2.41. The number of aliphatic hydroxyl groups is 1. The standard InChI is InChI=1S/C66H115N11O13S/c1-27-29-30-42(13)54(78)53-58(82)69-46(28-2)61(85)71(19)45(16)60(84)75(23)50(35-66(17,18)90-36-91-26)57(81)70-51(40(9)10)64(88)72(20)47(32-31-37(3)4)56(80)67-43(14)55(79)68-44(15)59(83)73(21)48(33-38(5)6)62(86)74(22)49(34-39(7)8)63(87)76(24)52(41(11)12)65(89)77(53)25/h27,29,33,37,39-44,46-54,78H,16,28,30-32,34-36H2,1-15,17-26H3,(H,67,80)(H,68,79)(H,69,82)(H,70,81)/b29-27+/t42-,43-,44+,46+,47-,48-,49+,50+,51-,52+,53+,54-/m1/s1. The van der Waals surface area contributed by atoms with Crippen molar-refractivity contribution in [3.63, 3.8) is 0 Å². The predicted octanol–water partition coefficient (Wildman–Crippen LogP) is 4.55. The molecule has 24 nitrogen and oxygen atoms in total. The molecule has 0 aromatic rings. The molecule has 5 N–H and O–H groups in total. The van der Waals surface area contributed by atoms with Crippen LogP contribution in [0.1, 0.15) is 156 Å². The van der Waals surface area contributed by atoms with Gasteiger partial charge >= 0.3 is 0 Å². The number of hydrogen-bond acceptors (Lipinski definition) is 14. The maximum atomic E-state index is 15.2. The number of nitrogens with one attached hydrogen (secondary N) is 4. The number of carbonyl (C=O) groups excluding carboxylic acids is 11. The summed E-state index contributed by atoms with van der Waals surface area (Å²) in [5.41, 5.74) is -0.822. The van der Waals surface area contributed by atoms with Crippen molar-refractivity contribution >= 4 is 76.7 Å². The number of allylic oxidation sites excluding steroid dienone is 3. The van der Waals surface area contributed by atoms with Crippen LogP contribution in [0.4, 0.5) is 0 Å². The number of ether oxygens (including phenoxy) is 1. The number of rotatable bonds is 18. The van der Waals surface area contributed by atoms with Crippen LogP contribution in [-0.4, -0.2) is 238 Å². The first-order valence-electron chi connectivity index (χ1n) is 31.9. The van der Waals surface area contributed by atoms with E-state index in [1.807, 2.05) is 34.0 Å². The first-order chi connectivity index (χ1) is 42.0. The highest BCUT2D eigenvalue weighted by Gasteiger charge is 2.46. The Kier molecular flexibility index (Phi) is 34.0. The van der Waals surface area contributed by atoms with Crippen LogP contribution >= 0.6 is 11.8 Å². The zero-order chi connectivity index (χ0) is 70.6. The van der Waals surface area contributed by atoms with Crippen LogP contribution in [0, 0.1) is 29.6 Å². The lowest BCUT2D eigenvalue weighted by molar-refractivity contribution is -0.157. The summed E-state index contributed by atoms with van der Waals surface area (Å²) in [5.74, 6) is -10.0. The number of nitrogens with zero attached hydrogens (tertiary/aromatic N) is 7. The molecule has 0 aliphatic carbocycles. The van der Waals surface area contributed by atoms with Gasteiger partial charge in [-0.15, -0.1) is 11.8 Å². The van der Waals surface area contributed by atoms with E-state index in [0.717, 1.165) is 19.6 Å². The smallest absolute Gasteiger partial charge is 0.270 e. The summed E-state index contributed by atoms with van der Waals surface area (Å²) in [7, 11) is 9.61. The third-order valence-corrected chi connectivity index (χ3v) is 17.2. The minimum absolute atomic E-state index is 0.0489. The minimum Gasteiger partial charge on any atom is -0.390 e. The fourth-order valence-corrected chi connectivity index (χ4v) is 11.3. The number of likely N-dealkylation sites (N-methyl/N-ethyl adjacent to an activating group) is 7. The van der Waals surface area contributed by atoms with Gasteiger partial charge in [0, 0.05) is 55.8 Å². The van der Waals surface area contributed by atoms with Gasteiger partial charge in [0.25, 0.3) is 5.91 Å². The van der Waals surface area contributed by atoms with Gasteiger partial charge in [-0.05, 0) is 116 Å². The van der Waals surface area contributed by atoms with Gasteiger partial charge in [0.05, 0.1) is 17.6 Å². The normalized spacial score (nSPS) is 25.9.